The van der Waals surface area contributed by atoms with Crippen LogP contribution in [0.4, 0.5) is 11.6 Å². The number of H-pyrrole nitrogens is 1. The standard InChI is InChI=1S/C18H14ClN5S/c1-11-10-22-18(24-16(11)14-6-7-15(19)25-14)23-13-4-2-12(3-5-13)17-20-8-9-21-17/h2-10H,1H3,(H,20,21)(H,22,23,24). The van der Waals surface area contributed by atoms with Crippen molar-refractivity contribution in [2.45, 2.75) is 6.92 Å². The average Bonchev–Trinajstić information content (AvgIpc) is 3.29. The maximum absolute atomic E-state index is 6.04. The molecule has 1 aromatic carbocycles. The summed E-state index contributed by atoms with van der Waals surface area (Å²) in [6.45, 7) is 1.99. The Morgan fingerprint density at radius 1 is 1.08 bits per heavy atom. The Bertz CT molecular complexity index is 993. The molecule has 0 spiro atoms. The van der Waals surface area contributed by atoms with Crippen LogP contribution in [0.2, 0.25) is 4.34 Å². The number of hydrogen-bond acceptors (Lipinski definition) is 5. The minimum atomic E-state index is 0.552. The minimum absolute atomic E-state index is 0.552. The molecule has 124 valence electrons. The number of halogens is 1. The van der Waals surface area contributed by atoms with Gasteiger partial charge in [-0.1, -0.05) is 11.6 Å². The molecular formula is C18H14ClN5S. The molecule has 0 aliphatic carbocycles. The van der Waals surface area contributed by atoms with Crippen molar-refractivity contribution in [1.82, 2.24) is 19.9 Å². The number of benzene rings is 1. The molecule has 0 radical (unpaired) electrons. The molecule has 0 unspecified atom stereocenters. The molecule has 4 rings (SSSR count). The third-order valence-corrected chi connectivity index (χ3v) is 4.93. The van der Waals surface area contributed by atoms with Gasteiger partial charge in [-0.3, -0.25) is 0 Å². The smallest absolute Gasteiger partial charge is 0.227 e. The molecule has 0 aliphatic heterocycles. The van der Waals surface area contributed by atoms with Crippen LogP contribution in [0.5, 0.6) is 0 Å². The Kier molecular flexibility index (Phi) is 4.21. The van der Waals surface area contributed by atoms with E-state index < -0.39 is 0 Å². The van der Waals surface area contributed by atoms with Crippen LogP contribution in [0.25, 0.3) is 22.0 Å². The summed E-state index contributed by atoms with van der Waals surface area (Å²) in [6, 6.07) is 11.8. The van der Waals surface area contributed by atoms with E-state index in [1.807, 2.05) is 49.5 Å². The predicted octanol–water partition coefficient (Wildman–Crippen LogP) is 5.30. The maximum atomic E-state index is 6.04. The highest BCUT2D eigenvalue weighted by molar-refractivity contribution is 7.19. The zero-order valence-electron chi connectivity index (χ0n) is 13.3. The fourth-order valence-corrected chi connectivity index (χ4v) is 3.55. The highest BCUT2D eigenvalue weighted by atomic mass is 35.5. The fourth-order valence-electron chi connectivity index (χ4n) is 2.46. The van der Waals surface area contributed by atoms with E-state index in [0.717, 1.165) is 37.5 Å². The average molecular weight is 368 g/mol. The van der Waals surface area contributed by atoms with Crippen LogP contribution in [-0.2, 0) is 0 Å². The first kappa shape index (κ1) is 15.8. The quantitative estimate of drug-likeness (QED) is 0.513. The summed E-state index contributed by atoms with van der Waals surface area (Å²) in [5.74, 6) is 1.39. The fraction of sp³-hybridized carbons (Fsp3) is 0.0556. The number of nitrogens with one attached hydrogen (secondary N) is 2. The van der Waals surface area contributed by atoms with Gasteiger partial charge >= 0.3 is 0 Å². The van der Waals surface area contributed by atoms with Crippen molar-refractivity contribution >= 4 is 34.6 Å². The van der Waals surface area contributed by atoms with Crippen LogP contribution >= 0.6 is 22.9 Å². The molecule has 0 aliphatic rings. The largest absolute Gasteiger partial charge is 0.345 e. The van der Waals surface area contributed by atoms with Crippen molar-refractivity contribution in [3.8, 4) is 22.0 Å². The lowest BCUT2D eigenvalue weighted by Gasteiger charge is -2.08. The first-order valence-electron chi connectivity index (χ1n) is 7.65. The van der Waals surface area contributed by atoms with E-state index in [-0.39, 0.29) is 0 Å². The Balaban J connectivity index is 1.58. The number of anilines is 2. The molecule has 5 nitrogen and oxygen atoms in total. The van der Waals surface area contributed by atoms with E-state index in [2.05, 4.69) is 25.3 Å². The minimum Gasteiger partial charge on any atom is -0.345 e. The van der Waals surface area contributed by atoms with Crippen molar-refractivity contribution in [1.29, 1.82) is 0 Å². The predicted molar refractivity (Wildman–Crippen MR) is 102 cm³/mol. The summed E-state index contributed by atoms with van der Waals surface area (Å²) in [6.07, 6.45) is 5.36. The molecule has 0 fully saturated rings. The van der Waals surface area contributed by atoms with Gasteiger partial charge < -0.3 is 10.3 Å². The van der Waals surface area contributed by atoms with Gasteiger partial charge in [0, 0.05) is 29.8 Å². The van der Waals surface area contributed by atoms with Gasteiger partial charge in [0.25, 0.3) is 0 Å². The Morgan fingerprint density at radius 2 is 1.92 bits per heavy atom. The number of nitrogens with zero attached hydrogens (tertiary/aromatic N) is 3. The molecule has 0 bridgehead atoms. The number of aromatic nitrogens is 4. The van der Waals surface area contributed by atoms with Gasteiger partial charge in [-0.15, -0.1) is 11.3 Å². The summed E-state index contributed by atoms with van der Waals surface area (Å²) in [4.78, 5) is 17.4. The van der Waals surface area contributed by atoms with Crippen molar-refractivity contribution in [3.63, 3.8) is 0 Å². The summed E-state index contributed by atoms with van der Waals surface area (Å²) in [5.41, 5.74) is 3.84. The zero-order valence-corrected chi connectivity index (χ0v) is 14.9. The summed E-state index contributed by atoms with van der Waals surface area (Å²) >= 11 is 7.55. The molecule has 0 saturated carbocycles. The van der Waals surface area contributed by atoms with Crippen molar-refractivity contribution in [2.24, 2.45) is 0 Å². The second kappa shape index (κ2) is 6.66. The lowest BCUT2D eigenvalue weighted by molar-refractivity contribution is 1.14. The monoisotopic (exact) mass is 367 g/mol. The van der Waals surface area contributed by atoms with Gasteiger partial charge in [-0.05, 0) is 48.9 Å². The maximum Gasteiger partial charge on any atom is 0.227 e. The van der Waals surface area contributed by atoms with Crippen LogP contribution < -0.4 is 5.32 Å². The molecule has 0 atom stereocenters. The summed E-state index contributed by atoms with van der Waals surface area (Å²) < 4.78 is 0.746. The van der Waals surface area contributed by atoms with Crippen LogP contribution in [0, 0.1) is 6.92 Å². The number of imidazole rings is 1. The molecule has 3 aromatic heterocycles. The normalized spacial score (nSPS) is 10.8. The van der Waals surface area contributed by atoms with Crippen LogP contribution in [0.15, 0.2) is 55.0 Å². The second-order valence-corrected chi connectivity index (χ2v) is 7.18. The zero-order chi connectivity index (χ0) is 17.2. The Morgan fingerprint density at radius 3 is 2.60 bits per heavy atom. The number of hydrogen-bond donors (Lipinski definition) is 2. The number of aryl methyl sites for hydroxylation is 1. The van der Waals surface area contributed by atoms with Gasteiger partial charge in [0.15, 0.2) is 0 Å². The van der Waals surface area contributed by atoms with Gasteiger partial charge in [0.1, 0.15) is 5.82 Å². The number of aromatic amines is 1. The van der Waals surface area contributed by atoms with Crippen molar-refractivity contribution in [2.75, 3.05) is 5.32 Å². The van der Waals surface area contributed by atoms with E-state index in [1.54, 1.807) is 12.4 Å². The lowest BCUT2D eigenvalue weighted by Crippen LogP contribution is -1.99. The molecule has 7 heteroatoms. The first-order chi connectivity index (χ1) is 12.2. The SMILES string of the molecule is Cc1cnc(Nc2ccc(-c3ncc[nH]3)cc2)nc1-c1ccc(Cl)s1. The molecule has 4 aromatic rings. The molecule has 0 saturated heterocycles. The molecule has 25 heavy (non-hydrogen) atoms. The van der Waals surface area contributed by atoms with Gasteiger partial charge in [0.2, 0.25) is 5.95 Å². The van der Waals surface area contributed by atoms with Gasteiger partial charge in [-0.25, -0.2) is 15.0 Å². The van der Waals surface area contributed by atoms with Crippen LogP contribution in [-0.4, -0.2) is 19.9 Å². The number of rotatable bonds is 4. The van der Waals surface area contributed by atoms with E-state index in [4.69, 9.17) is 11.6 Å². The van der Waals surface area contributed by atoms with Gasteiger partial charge in [0.05, 0.1) is 14.9 Å². The molecule has 3 heterocycles. The molecular weight excluding hydrogens is 354 g/mol. The third-order valence-electron chi connectivity index (χ3n) is 3.69. The number of thiophene rings is 1. The molecule has 0 amide bonds. The van der Waals surface area contributed by atoms with E-state index in [1.165, 1.54) is 11.3 Å². The topological polar surface area (TPSA) is 66.5 Å². The summed E-state index contributed by atoms with van der Waals surface area (Å²) in [7, 11) is 0. The third kappa shape index (κ3) is 3.40. The van der Waals surface area contributed by atoms with E-state index in [9.17, 15) is 0 Å². The lowest BCUT2D eigenvalue weighted by atomic mass is 10.2. The first-order valence-corrected chi connectivity index (χ1v) is 8.85. The van der Waals surface area contributed by atoms with Crippen molar-refractivity contribution in [3.05, 3.63) is 64.9 Å². The Hall–Kier alpha value is -2.70. The van der Waals surface area contributed by atoms with Gasteiger partial charge in [-0.2, -0.15) is 0 Å². The van der Waals surface area contributed by atoms with Crippen molar-refractivity contribution < 1.29 is 0 Å². The highest BCUT2D eigenvalue weighted by Gasteiger charge is 2.09. The van der Waals surface area contributed by atoms with E-state index in [0.29, 0.717) is 5.95 Å². The van der Waals surface area contributed by atoms with Crippen LogP contribution in [0.3, 0.4) is 0 Å². The summed E-state index contributed by atoms with van der Waals surface area (Å²) in [5, 5.41) is 3.24. The highest BCUT2D eigenvalue weighted by Crippen LogP contribution is 2.32. The van der Waals surface area contributed by atoms with E-state index >= 15 is 0 Å². The second-order valence-electron chi connectivity index (χ2n) is 5.47. The molecule has 2 N–H and O–H groups in total. The Labute approximate surface area is 153 Å². The van der Waals surface area contributed by atoms with Crippen LogP contribution in [0.1, 0.15) is 5.56 Å².